The maximum Gasteiger partial charge on any atom is 0.311 e. The Balaban J connectivity index is 2.48. The van der Waals surface area contributed by atoms with Gasteiger partial charge in [0.15, 0.2) is 12.0 Å². The monoisotopic (exact) mass is 141 g/mol. The minimum Gasteiger partial charge on any atom is -0.421 e. The third kappa shape index (κ3) is 1.58. The topological polar surface area (TPSA) is 52.3 Å². The van der Waals surface area contributed by atoms with Gasteiger partial charge in [0, 0.05) is 6.42 Å². The summed E-state index contributed by atoms with van der Waals surface area (Å²) >= 11 is 0. The Kier molecular flexibility index (Phi) is 2.04. The van der Waals surface area contributed by atoms with Crippen molar-refractivity contribution in [3.63, 3.8) is 0 Å². The smallest absolute Gasteiger partial charge is 0.311 e. The first-order valence-corrected chi connectivity index (χ1v) is 2.93. The van der Waals surface area contributed by atoms with Crippen molar-refractivity contribution < 1.29 is 14.1 Å². The first-order valence-electron chi connectivity index (χ1n) is 2.93. The van der Waals surface area contributed by atoms with E-state index in [0.717, 1.165) is 0 Å². The number of aromatic nitrogens is 1. The van der Waals surface area contributed by atoms with Gasteiger partial charge in [-0.1, -0.05) is 12.1 Å². The molecular formula is C6H7NO3. The van der Waals surface area contributed by atoms with Gasteiger partial charge in [0.2, 0.25) is 0 Å². The average Bonchev–Trinajstić information content (AvgIpc) is 2.40. The third-order valence-electron chi connectivity index (χ3n) is 0.930. The zero-order chi connectivity index (χ0) is 7.40. The van der Waals surface area contributed by atoms with Gasteiger partial charge in [0.25, 0.3) is 0 Å². The fraction of sp³-hybridized carbons (Fsp3) is 0.333. The van der Waals surface area contributed by atoms with Gasteiger partial charge in [0.05, 0.1) is 0 Å². The first-order chi connectivity index (χ1) is 4.83. The second kappa shape index (κ2) is 3.00. The van der Waals surface area contributed by atoms with Crippen molar-refractivity contribution in [3.05, 3.63) is 12.5 Å². The molecule has 0 spiro atoms. The largest absolute Gasteiger partial charge is 0.421 e. The molecule has 0 N–H and O–H groups in total. The summed E-state index contributed by atoms with van der Waals surface area (Å²) < 4.78 is 9.14. The van der Waals surface area contributed by atoms with Crippen LogP contribution in [-0.2, 0) is 4.79 Å². The van der Waals surface area contributed by atoms with E-state index in [0.29, 0.717) is 12.2 Å². The van der Waals surface area contributed by atoms with Gasteiger partial charge in [0.1, 0.15) is 6.20 Å². The molecular weight excluding hydrogens is 134 g/mol. The Morgan fingerprint density at radius 3 is 3.20 bits per heavy atom. The maximum atomic E-state index is 10.6. The SMILES string of the molecule is CCC(=O)Oc1cnoc1. The van der Waals surface area contributed by atoms with Crippen molar-refractivity contribution in [3.8, 4) is 5.75 Å². The molecule has 0 unspecified atom stereocenters. The molecule has 1 heterocycles. The number of hydrogen-bond donors (Lipinski definition) is 0. The second-order valence-corrected chi connectivity index (χ2v) is 1.69. The van der Waals surface area contributed by atoms with E-state index in [1.54, 1.807) is 6.92 Å². The summed E-state index contributed by atoms with van der Waals surface area (Å²) in [5.74, 6) is 0.0649. The molecule has 0 aromatic carbocycles. The zero-order valence-electron chi connectivity index (χ0n) is 5.53. The molecule has 0 atom stereocenters. The summed E-state index contributed by atoms with van der Waals surface area (Å²) in [5.41, 5.74) is 0. The molecule has 0 aliphatic heterocycles. The maximum absolute atomic E-state index is 10.6. The number of ether oxygens (including phenoxy) is 1. The summed E-state index contributed by atoms with van der Waals surface area (Å²) in [5, 5.41) is 3.36. The van der Waals surface area contributed by atoms with Crippen molar-refractivity contribution in [1.29, 1.82) is 0 Å². The summed E-state index contributed by atoms with van der Waals surface area (Å²) in [6, 6.07) is 0. The van der Waals surface area contributed by atoms with Crippen LogP contribution in [0.4, 0.5) is 0 Å². The minimum absolute atomic E-state index is 0.289. The molecule has 1 aromatic heterocycles. The van der Waals surface area contributed by atoms with Crippen molar-refractivity contribution >= 4 is 5.97 Å². The van der Waals surface area contributed by atoms with Crippen molar-refractivity contribution in [2.75, 3.05) is 0 Å². The molecule has 10 heavy (non-hydrogen) atoms. The molecule has 0 saturated heterocycles. The lowest BCUT2D eigenvalue weighted by Crippen LogP contribution is -2.04. The van der Waals surface area contributed by atoms with E-state index >= 15 is 0 Å². The minimum atomic E-state index is -0.289. The Hall–Kier alpha value is -1.32. The summed E-state index contributed by atoms with van der Waals surface area (Å²) in [7, 11) is 0. The van der Waals surface area contributed by atoms with Gasteiger partial charge < -0.3 is 9.26 Å². The Morgan fingerprint density at radius 2 is 2.70 bits per heavy atom. The first kappa shape index (κ1) is 6.80. The molecule has 0 aliphatic rings. The molecule has 0 aliphatic carbocycles. The van der Waals surface area contributed by atoms with Gasteiger partial charge in [-0.3, -0.25) is 4.79 Å². The predicted octanol–water partition coefficient (Wildman–Crippen LogP) is 0.990. The van der Waals surface area contributed by atoms with Gasteiger partial charge >= 0.3 is 5.97 Å². The fourth-order valence-electron chi connectivity index (χ4n) is 0.449. The van der Waals surface area contributed by atoms with E-state index in [1.807, 2.05) is 0 Å². The molecule has 4 heteroatoms. The van der Waals surface area contributed by atoms with E-state index in [2.05, 4.69) is 9.68 Å². The number of rotatable bonds is 2. The van der Waals surface area contributed by atoms with E-state index < -0.39 is 0 Å². The van der Waals surface area contributed by atoms with Crippen LogP contribution in [-0.4, -0.2) is 11.1 Å². The van der Waals surface area contributed by atoms with Gasteiger partial charge in [-0.15, -0.1) is 0 Å². The highest BCUT2D eigenvalue weighted by Gasteiger charge is 2.01. The molecule has 1 rings (SSSR count). The molecule has 54 valence electrons. The summed E-state index contributed by atoms with van der Waals surface area (Å²) in [4.78, 5) is 10.6. The molecule has 0 fully saturated rings. The van der Waals surface area contributed by atoms with Crippen LogP contribution in [0, 0.1) is 0 Å². The predicted molar refractivity (Wildman–Crippen MR) is 32.4 cm³/mol. The highest BCUT2D eigenvalue weighted by atomic mass is 16.6. The molecule has 0 saturated carbocycles. The highest BCUT2D eigenvalue weighted by Crippen LogP contribution is 2.07. The molecule has 0 amide bonds. The second-order valence-electron chi connectivity index (χ2n) is 1.69. The van der Waals surface area contributed by atoms with Crippen LogP contribution in [0.1, 0.15) is 13.3 Å². The van der Waals surface area contributed by atoms with Crippen LogP contribution in [0.15, 0.2) is 17.0 Å². The number of esters is 1. The van der Waals surface area contributed by atoms with E-state index in [1.165, 1.54) is 12.5 Å². The summed E-state index contributed by atoms with van der Waals surface area (Å²) in [6.45, 7) is 1.72. The number of nitrogens with zero attached hydrogens (tertiary/aromatic N) is 1. The number of hydrogen-bond acceptors (Lipinski definition) is 4. The lowest BCUT2D eigenvalue weighted by Gasteiger charge is -1.93. The fourth-order valence-corrected chi connectivity index (χ4v) is 0.449. The number of carbonyl (C=O) groups is 1. The Morgan fingerprint density at radius 1 is 1.90 bits per heavy atom. The molecule has 4 nitrogen and oxygen atoms in total. The van der Waals surface area contributed by atoms with Crippen molar-refractivity contribution in [1.82, 2.24) is 5.16 Å². The quantitative estimate of drug-likeness (QED) is 0.576. The lowest BCUT2D eigenvalue weighted by molar-refractivity contribution is -0.134. The average molecular weight is 141 g/mol. The normalized spacial score (nSPS) is 9.30. The van der Waals surface area contributed by atoms with Crippen LogP contribution >= 0.6 is 0 Å². The third-order valence-corrected chi connectivity index (χ3v) is 0.930. The standard InChI is InChI=1S/C6H7NO3/c1-2-6(8)10-5-3-7-9-4-5/h3-4H,2H2,1H3. The van der Waals surface area contributed by atoms with Gasteiger partial charge in [-0.25, -0.2) is 0 Å². The van der Waals surface area contributed by atoms with Crippen LogP contribution < -0.4 is 4.74 Å². The Bertz CT molecular complexity index is 205. The van der Waals surface area contributed by atoms with Crippen LogP contribution in [0.3, 0.4) is 0 Å². The highest BCUT2D eigenvalue weighted by molar-refractivity contribution is 5.71. The van der Waals surface area contributed by atoms with Crippen LogP contribution in [0.25, 0.3) is 0 Å². The summed E-state index contributed by atoms with van der Waals surface area (Å²) in [6.07, 6.45) is 2.96. The van der Waals surface area contributed by atoms with Crippen molar-refractivity contribution in [2.45, 2.75) is 13.3 Å². The van der Waals surface area contributed by atoms with Crippen LogP contribution in [0.2, 0.25) is 0 Å². The molecule has 1 aromatic rings. The lowest BCUT2D eigenvalue weighted by atomic mass is 10.5. The van der Waals surface area contributed by atoms with E-state index in [-0.39, 0.29) is 5.97 Å². The number of carbonyl (C=O) groups excluding carboxylic acids is 1. The van der Waals surface area contributed by atoms with Crippen LogP contribution in [0.5, 0.6) is 5.75 Å². The molecule has 0 bridgehead atoms. The van der Waals surface area contributed by atoms with E-state index in [4.69, 9.17) is 4.74 Å². The Labute approximate surface area is 57.8 Å². The van der Waals surface area contributed by atoms with Gasteiger partial charge in [-0.2, -0.15) is 0 Å². The van der Waals surface area contributed by atoms with Crippen molar-refractivity contribution in [2.24, 2.45) is 0 Å². The zero-order valence-corrected chi connectivity index (χ0v) is 5.53. The van der Waals surface area contributed by atoms with E-state index in [9.17, 15) is 4.79 Å². The van der Waals surface area contributed by atoms with Gasteiger partial charge in [-0.05, 0) is 0 Å². The molecule has 0 radical (unpaired) electrons.